The van der Waals surface area contributed by atoms with Crippen LogP contribution in [0.15, 0.2) is 29.2 Å². The molecule has 86 valence electrons. The van der Waals surface area contributed by atoms with Gasteiger partial charge in [-0.2, -0.15) is 16.4 Å². The summed E-state index contributed by atoms with van der Waals surface area (Å²) in [5, 5.41) is 12.1. The number of aromatic nitrogens is 2. The third-order valence-electron chi connectivity index (χ3n) is 2.46. The second-order valence-electron chi connectivity index (χ2n) is 4.15. The summed E-state index contributed by atoms with van der Waals surface area (Å²) in [6.07, 6.45) is 3.97. The van der Waals surface area contributed by atoms with Gasteiger partial charge in [-0.05, 0) is 41.8 Å². The van der Waals surface area contributed by atoms with Gasteiger partial charge in [-0.1, -0.05) is 0 Å². The van der Waals surface area contributed by atoms with Gasteiger partial charge in [0.1, 0.15) is 0 Å². The highest BCUT2D eigenvalue weighted by Crippen LogP contribution is 2.05. The molecule has 0 aliphatic rings. The van der Waals surface area contributed by atoms with Gasteiger partial charge in [0.25, 0.3) is 0 Å². The van der Waals surface area contributed by atoms with Crippen LogP contribution in [0, 0.1) is 6.92 Å². The first-order valence-electron chi connectivity index (χ1n) is 5.47. The predicted octanol–water partition coefficient (Wildman–Crippen LogP) is 2.43. The first-order valence-corrected chi connectivity index (χ1v) is 6.42. The molecule has 0 aliphatic carbocycles. The molecule has 0 radical (unpaired) electrons. The Kier molecular flexibility index (Phi) is 3.74. The summed E-state index contributed by atoms with van der Waals surface area (Å²) in [7, 11) is 0. The lowest BCUT2D eigenvalue weighted by molar-refractivity contribution is 0.451. The molecule has 16 heavy (non-hydrogen) atoms. The van der Waals surface area contributed by atoms with Gasteiger partial charge >= 0.3 is 0 Å². The lowest BCUT2D eigenvalue weighted by Gasteiger charge is -2.13. The number of hydrogen-bond acceptors (Lipinski definition) is 3. The standard InChI is InChI=1S/C12H17N3S/c1-10-5-14-15(7-10)8-11(2)13-6-12-3-4-16-9-12/h3-5,7,9,11,13H,6,8H2,1-2H3/t11-/m1/s1. The Morgan fingerprint density at radius 3 is 3.06 bits per heavy atom. The van der Waals surface area contributed by atoms with Gasteiger partial charge < -0.3 is 5.32 Å². The van der Waals surface area contributed by atoms with E-state index in [2.05, 4.69) is 47.3 Å². The molecule has 4 heteroatoms. The second-order valence-corrected chi connectivity index (χ2v) is 4.93. The molecule has 0 aliphatic heterocycles. The van der Waals surface area contributed by atoms with E-state index in [0.717, 1.165) is 13.1 Å². The molecule has 2 rings (SSSR count). The van der Waals surface area contributed by atoms with Crippen LogP contribution in [0.4, 0.5) is 0 Å². The highest BCUT2D eigenvalue weighted by Gasteiger charge is 2.03. The van der Waals surface area contributed by atoms with Crippen LogP contribution < -0.4 is 5.32 Å². The molecule has 1 atom stereocenters. The molecule has 2 heterocycles. The first kappa shape index (κ1) is 11.4. The van der Waals surface area contributed by atoms with Crippen molar-refractivity contribution in [3.8, 4) is 0 Å². The molecular weight excluding hydrogens is 218 g/mol. The van der Waals surface area contributed by atoms with Gasteiger partial charge in [0, 0.05) is 18.8 Å². The van der Waals surface area contributed by atoms with Crippen LogP contribution in [0.25, 0.3) is 0 Å². The fourth-order valence-corrected chi connectivity index (χ4v) is 2.27. The van der Waals surface area contributed by atoms with Crippen molar-refractivity contribution in [3.63, 3.8) is 0 Å². The second kappa shape index (κ2) is 5.27. The summed E-state index contributed by atoms with van der Waals surface area (Å²) in [6, 6.07) is 2.59. The summed E-state index contributed by atoms with van der Waals surface area (Å²) in [5.41, 5.74) is 2.57. The number of nitrogens with zero attached hydrogens (tertiary/aromatic N) is 2. The molecule has 0 spiro atoms. The van der Waals surface area contributed by atoms with Crippen LogP contribution in [0.3, 0.4) is 0 Å². The van der Waals surface area contributed by atoms with E-state index < -0.39 is 0 Å². The Labute approximate surface area is 100 Å². The minimum Gasteiger partial charge on any atom is -0.308 e. The summed E-state index contributed by atoms with van der Waals surface area (Å²) in [6.45, 7) is 6.10. The molecule has 2 aromatic heterocycles. The minimum absolute atomic E-state index is 0.430. The lowest BCUT2D eigenvalue weighted by atomic mass is 10.3. The zero-order valence-corrected chi connectivity index (χ0v) is 10.5. The zero-order valence-electron chi connectivity index (χ0n) is 9.68. The van der Waals surface area contributed by atoms with Crippen LogP contribution >= 0.6 is 11.3 Å². The molecule has 0 unspecified atom stereocenters. The first-order chi connectivity index (χ1) is 7.74. The van der Waals surface area contributed by atoms with E-state index in [-0.39, 0.29) is 0 Å². The maximum Gasteiger partial charge on any atom is 0.0560 e. The number of hydrogen-bond donors (Lipinski definition) is 1. The van der Waals surface area contributed by atoms with E-state index in [0.29, 0.717) is 6.04 Å². The maximum atomic E-state index is 4.28. The average molecular weight is 235 g/mol. The number of rotatable bonds is 5. The Bertz CT molecular complexity index is 419. The van der Waals surface area contributed by atoms with Crippen molar-refractivity contribution in [2.24, 2.45) is 0 Å². The van der Waals surface area contributed by atoms with Crippen molar-refractivity contribution < 1.29 is 0 Å². The highest BCUT2D eigenvalue weighted by atomic mass is 32.1. The Morgan fingerprint density at radius 1 is 1.56 bits per heavy atom. The summed E-state index contributed by atoms with van der Waals surface area (Å²) in [5.74, 6) is 0. The van der Waals surface area contributed by atoms with Crippen LogP contribution in [0.1, 0.15) is 18.1 Å². The van der Waals surface area contributed by atoms with Crippen LogP contribution in [0.5, 0.6) is 0 Å². The van der Waals surface area contributed by atoms with Crippen LogP contribution in [-0.2, 0) is 13.1 Å². The van der Waals surface area contributed by atoms with Crippen molar-refractivity contribution in [1.29, 1.82) is 0 Å². The number of aryl methyl sites for hydroxylation is 1. The smallest absolute Gasteiger partial charge is 0.0560 e. The van der Waals surface area contributed by atoms with E-state index in [1.54, 1.807) is 11.3 Å². The summed E-state index contributed by atoms with van der Waals surface area (Å²) >= 11 is 1.74. The molecule has 0 bridgehead atoms. The van der Waals surface area contributed by atoms with E-state index in [1.165, 1.54) is 11.1 Å². The number of nitrogens with one attached hydrogen (secondary N) is 1. The highest BCUT2D eigenvalue weighted by molar-refractivity contribution is 7.07. The SMILES string of the molecule is Cc1cnn(C[C@@H](C)NCc2ccsc2)c1. The van der Waals surface area contributed by atoms with Crippen molar-refractivity contribution in [2.45, 2.75) is 33.0 Å². The largest absolute Gasteiger partial charge is 0.308 e. The van der Waals surface area contributed by atoms with Gasteiger partial charge in [-0.15, -0.1) is 0 Å². The summed E-state index contributed by atoms with van der Waals surface area (Å²) < 4.78 is 1.99. The van der Waals surface area contributed by atoms with E-state index in [4.69, 9.17) is 0 Å². The summed E-state index contributed by atoms with van der Waals surface area (Å²) in [4.78, 5) is 0. The van der Waals surface area contributed by atoms with E-state index in [9.17, 15) is 0 Å². The monoisotopic (exact) mass is 235 g/mol. The van der Waals surface area contributed by atoms with Gasteiger partial charge in [0.15, 0.2) is 0 Å². The normalized spacial score (nSPS) is 12.9. The van der Waals surface area contributed by atoms with E-state index in [1.807, 2.05) is 10.9 Å². The van der Waals surface area contributed by atoms with Crippen LogP contribution in [0.2, 0.25) is 0 Å². The topological polar surface area (TPSA) is 29.9 Å². The number of thiophene rings is 1. The molecule has 1 N–H and O–H groups in total. The quantitative estimate of drug-likeness (QED) is 0.862. The molecule has 0 amide bonds. The van der Waals surface area contributed by atoms with Crippen molar-refractivity contribution in [2.75, 3.05) is 0 Å². The van der Waals surface area contributed by atoms with Gasteiger partial charge in [-0.3, -0.25) is 4.68 Å². The molecule has 0 saturated carbocycles. The molecule has 3 nitrogen and oxygen atoms in total. The van der Waals surface area contributed by atoms with Crippen molar-refractivity contribution >= 4 is 11.3 Å². The van der Waals surface area contributed by atoms with Gasteiger partial charge in [-0.25, -0.2) is 0 Å². The fraction of sp³-hybridized carbons (Fsp3) is 0.417. The third-order valence-corrected chi connectivity index (χ3v) is 3.19. The molecular formula is C12H17N3S. The maximum absolute atomic E-state index is 4.28. The minimum atomic E-state index is 0.430. The van der Waals surface area contributed by atoms with Gasteiger partial charge in [0.05, 0.1) is 12.7 Å². The lowest BCUT2D eigenvalue weighted by Crippen LogP contribution is -2.29. The Balaban J connectivity index is 1.78. The molecule has 0 saturated heterocycles. The van der Waals surface area contributed by atoms with Crippen molar-refractivity contribution in [3.05, 3.63) is 40.3 Å². The molecule has 0 fully saturated rings. The Hall–Kier alpha value is -1.13. The zero-order chi connectivity index (χ0) is 11.4. The van der Waals surface area contributed by atoms with Gasteiger partial charge in [0.2, 0.25) is 0 Å². The molecule has 2 aromatic rings. The molecule has 0 aromatic carbocycles. The van der Waals surface area contributed by atoms with Crippen LogP contribution in [-0.4, -0.2) is 15.8 Å². The Morgan fingerprint density at radius 2 is 2.44 bits per heavy atom. The van der Waals surface area contributed by atoms with E-state index >= 15 is 0 Å². The average Bonchev–Trinajstić information content (AvgIpc) is 2.87. The fourth-order valence-electron chi connectivity index (χ4n) is 1.60. The van der Waals surface area contributed by atoms with Crippen molar-refractivity contribution in [1.82, 2.24) is 15.1 Å². The predicted molar refractivity (Wildman–Crippen MR) is 67.6 cm³/mol. The third kappa shape index (κ3) is 3.18.